The van der Waals surface area contributed by atoms with Gasteiger partial charge in [-0.05, 0) is 37.2 Å². The maximum atomic E-state index is 12.2. The van der Waals surface area contributed by atoms with Crippen molar-refractivity contribution < 1.29 is 4.21 Å². The van der Waals surface area contributed by atoms with Crippen molar-refractivity contribution in [2.45, 2.75) is 31.2 Å². The van der Waals surface area contributed by atoms with Crippen molar-refractivity contribution in [1.82, 2.24) is 5.32 Å². The molecule has 4 heteroatoms. The first-order valence-electron chi connectivity index (χ1n) is 5.89. The summed E-state index contributed by atoms with van der Waals surface area (Å²) in [5.74, 6) is 1.17. The average molecular weight is 274 g/mol. The van der Waals surface area contributed by atoms with E-state index < -0.39 is 10.8 Å². The van der Waals surface area contributed by atoms with Crippen LogP contribution in [0.4, 0.5) is 0 Å². The van der Waals surface area contributed by atoms with Gasteiger partial charge in [-0.3, -0.25) is 4.21 Å². The molecule has 0 heterocycles. The molecule has 1 N–H and O–H groups in total. The van der Waals surface area contributed by atoms with Crippen molar-refractivity contribution in [2.75, 3.05) is 12.8 Å². The Bertz CT molecular complexity index is 366. The maximum absolute atomic E-state index is 12.2. The van der Waals surface area contributed by atoms with Crippen LogP contribution in [0.2, 0.25) is 5.02 Å². The molecule has 0 saturated heterocycles. The van der Waals surface area contributed by atoms with Gasteiger partial charge in [0.05, 0.1) is 10.8 Å². The molecular weight excluding hydrogens is 254 g/mol. The molecule has 1 aromatic carbocycles. The number of halogens is 1. The summed E-state index contributed by atoms with van der Waals surface area (Å²) in [5, 5.41) is 3.92. The van der Waals surface area contributed by atoms with E-state index in [1.54, 1.807) is 12.1 Å². The quantitative estimate of drug-likeness (QED) is 0.863. The molecule has 0 aliphatic carbocycles. The van der Waals surface area contributed by atoms with Gasteiger partial charge in [0.25, 0.3) is 0 Å². The number of benzene rings is 1. The number of hydrogen-bond acceptors (Lipinski definition) is 2. The monoisotopic (exact) mass is 273 g/mol. The highest BCUT2D eigenvalue weighted by atomic mass is 35.5. The van der Waals surface area contributed by atoms with Crippen LogP contribution in [0, 0.1) is 5.92 Å². The van der Waals surface area contributed by atoms with Crippen LogP contribution < -0.4 is 5.32 Å². The summed E-state index contributed by atoms with van der Waals surface area (Å²) < 4.78 is 12.2. The second-order valence-corrected chi connectivity index (χ2v) is 6.18. The highest BCUT2D eigenvalue weighted by Gasteiger charge is 2.17. The van der Waals surface area contributed by atoms with Crippen LogP contribution in [-0.4, -0.2) is 23.1 Å². The molecule has 0 aliphatic heterocycles. The predicted octanol–water partition coefficient (Wildman–Crippen LogP) is 3.08. The largest absolute Gasteiger partial charge is 0.316 e. The van der Waals surface area contributed by atoms with E-state index in [2.05, 4.69) is 19.2 Å². The van der Waals surface area contributed by atoms with E-state index in [9.17, 15) is 4.21 Å². The molecular formula is C13H20ClNOS. The van der Waals surface area contributed by atoms with E-state index in [-0.39, 0.29) is 6.04 Å². The van der Waals surface area contributed by atoms with Gasteiger partial charge in [-0.25, -0.2) is 0 Å². The van der Waals surface area contributed by atoms with Crippen molar-refractivity contribution >= 4 is 22.4 Å². The van der Waals surface area contributed by atoms with E-state index in [1.807, 2.05) is 19.2 Å². The minimum absolute atomic E-state index is 0.288. The second-order valence-electron chi connectivity index (χ2n) is 4.25. The summed E-state index contributed by atoms with van der Waals surface area (Å²) >= 11 is 5.81. The normalized spacial score (nSPS) is 16.5. The van der Waals surface area contributed by atoms with Gasteiger partial charge in [-0.15, -0.1) is 0 Å². The lowest BCUT2D eigenvalue weighted by Gasteiger charge is -2.21. The SMILES string of the molecule is CCC(C)C(CS(=O)c1ccc(Cl)cc1)NC. The smallest absolute Gasteiger partial charge is 0.0545 e. The molecule has 1 rings (SSSR count). The number of rotatable bonds is 6. The Hall–Kier alpha value is -0.380. The average Bonchev–Trinajstić information content (AvgIpc) is 2.35. The molecule has 0 aromatic heterocycles. The molecule has 0 saturated carbocycles. The van der Waals surface area contributed by atoms with E-state index >= 15 is 0 Å². The van der Waals surface area contributed by atoms with Crippen molar-refractivity contribution in [3.05, 3.63) is 29.3 Å². The summed E-state index contributed by atoms with van der Waals surface area (Å²) in [4.78, 5) is 0.845. The van der Waals surface area contributed by atoms with E-state index in [4.69, 9.17) is 11.6 Å². The minimum Gasteiger partial charge on any atom is -0.316 e. The zero-order valence-electron chi connectivity index (χ0n) is 10.6. The molecule has 0 bridgehead atoms. The molecule has 0 fully saturated rings. The van der Waals surface area contributed by atoms with Crippen LogP contribution in [0.1, 0.15) is 20.3 Å². The van der Waals surface area contributed by atoms with Gasteiger partial charge in [-0.1, -0.05) is 31.9 Å². The summed E-state index contributed by atoms with van der Waals surface area (Å²) in [7, 11) is 0.962. The van der Waals surface area contributed by atoms with Gasteiger partial charge in [-0.2, -0.15) is 0 Å². The highest BCUT2D eigenvalue weighted by Crippen LogP contribution is 2.16. The van der Waals surface area contributed by atoms with Crippen LogP contribution in [0.3, 0.4) is 0 Å². The lowest BCUT2D eigenvalue weighted by atomic mass is 10.0. The Morgan fingerprint density at radius 2 is 1.94 bits per heavy atom. The maximum Gasteiger partial charge on any atom is 0.0545 e. The van der Waals surface area contributed by atoms with Crippen LogP contribution in [-0.2, 0) is 10.8 Å². The van der Waals surface area contributed by atoms with Crippen molar-refractivity contribution in [1.29, 1.82) is 0 Å². The van der Waals surface area contributed by atoms with Gasteiger partial charge in [0.1, 0.15) is 0 Å². The minimum atomic E-state index is -0.965. The Balaban J connectivity index is 2.67. The predicted molar refractivity (Wildman–Crippen MR) is 75.0 cm³/mol. The molecule has 0 radical (unpaired) electrons. The van der Waals surface area contributed by atoms with Crippen molar-refractivity contribution in [3.8, 4) is 0 Å². The van der Waals surface area contributed by atoms with Crippen LogP contribution in [0.25, 0.3) is 0 Å². The fraction of sp³-hybridized carbons (Fsp3) is 0.538. The van der Waals surface area contributed by atoms with E-state index in [1.165, 1.54) is 0 Å². The van der Waals surface area contributed by atoms with E-state index in [0.717, 1.165) is 11.3 Å². The van der Waals surface area contributed by atoms with E-state index in [0.29, 0.717) is 16.7 Å². The third-order valence-electron chi connectivity index (χ3n) is 3.11. The first-order chi connectivity index (χ1) is 8.08. The topological polar surface area (TPSA) is 29.1 Å². The van der Waals surface area contributed by atoms with Gasteiger partial charge in [0.2, 0.25) is 0 Å². The Morgan fingerprint density at radius 3 is 2.41 bits per heavy atom. The second kappa shape index (κ2) is 7.14. The van der Waals surface area contributed by atoms with Crippen LogP contribution in [0.15, 0.2) is 29.2 Å². The fourth-order valence-electron chi connectivity index (χ4n) is 1.66. The standard InChI is InChI=1S/C13H20ClNOS/c1-4-10(2)13(15-3)9-17(16)12-7-5-11(14)6-8-12/h5-8,10,13,15H,4,9H2,1-3H3. The van der Waals surface area contributed by atoms with Crippen molar-refractivity contribution in [3.63, 3.8) is 0 Å². The number of nitrogens with one attached hydrogen (secondary N) is 1. The lowest BCUT2D eigenvalue weighted by molar-refractivity contribution is 0.418. The zero-order chi connectivity index (χ0) is 12.8. The van der Waals surface area contributed by atoms with Gasteiger partial charge >= 0.3 is 0 Å². The third kappa shape index (κ3) is 4.41. The Kier molecular flexibility index (Phi) is 6.17. The van der Waals surface area contributed by atoms with Gasteiger partial charge in [0, 0.05) is 21.7 Å². The number of hydrogen-bond donors (Lipinski definition) is 1. The highest BCUT2D eigenvalue weighted by molar-refractivity contribution is 7.85. The zero-order valence-corrected chi connectivity index (χ0v) is 12.1. The Morgan fingerprint density at radius 1 is 1.35 bits per heavy atom. The molecule has 2 nitrogen and oxygen atoms in total. The molecule has 96 valence electrons. The summed E-state index contributed by atoms with van der Waals surface area (Å²) in [6, 6.07) is 7.53. The van der Waals surface area contributed by atoms with Crippen LogP contribution in [0.5, 0.6) is 0 Å². The molecule has 3 atom stereocenters. The van der Waals surface area contributed by atoms with Gasteiger partial charge in [0.15, 0.2) is 0 Å². The molecule has 17 heavy (non-hydrogen) atoms. The molecule has 0 amide bonds. The van der Waals surface area contributed by atoms with Crippen LogP contribution >= 0.6 is 11.6 Å². The van der Waals surface area contributed by atoms with Gasteiger partial charge < -0.3 is 5.32 Å². The molecule has 0 aliphatic rings. The van der Waals surface area contributed by atoms with Crippen molar-refractivity contribution in [2.24, 2.45) is 5.92 Å². The Labute approximate surface area is 111 Å². The summed E-state index contributed by atoms with van der Waals surface area (Å²) in [6.07, 6.45) is 1.09. The first-order valence-corrected chi connectivity index (χ1v) is 7.59. The summed E-state index contributed by atoms with van der Waals surface area (Å²) in [6.45, 7) is 4.33. The molecule has 0 spiro atoms. The molecule has 3 unspecified atom stereocenters. The first kappa shape index (κ1) is 14.7. The third-order valence-corrected chi connectivity index (χ3v) is 4.82. The summed E-state index contributed by atoms with van der Waals surface area (Å²) in [5.41, 5.74) is 0. The lowest BCUT2D eigenvalue weighted by Crippen LogP contribution is -2.36. The molecule has 1 aromatic rings. The fourth-order valence-corrected chi connectivity index (χ4v) is 3.24.